The number of hydrogen-bond donors (Lipinski definition) is 2. The number of carbonyl (C=O) groups excluding carboxylic acids is 1. The molecule has 0 atom stereocenters. The molecule has 0 spiro atoms. The maximum absolute atomic E-state index is 13.0. The Kier molecular flexibility index (Phi) is 7.55. The second-order valence-corrected chi connectivity index (χ2v) is 7.76. The van der Waals surface area contributed by atoms with Crippen molar-refractivity contribution in [2.45, 2.75) is 33.2 Å². The summed E-state index contributed by atoms with van der Waals surface area (Å²) in [5.41, 5.74) is 5.43. The average molecular weight is 429 g/mol. The first-order valence-corrected chi connectivity index (χ1v) is 10.8. The van der Waals surface area contributed by atoms with Gasteiger partial charge in [0.2, 0.25) is 5.71 Å². The predicted octanol–water partition coefficient (Wildman–Crippen LogP) is 3.50. The van der Waals surface area contributed by atoms with Gasteiger partial charge < -0.3 is 10.1 Å². The van der Waals surface area contributed by atoms with Crippen LogP contribution in [0.5, 0.6) is 5.75 Å². The van der Waals surface area contributed by atoms with E-state index in [1.165, 1.54) is 0 Å². The third-order valence-corrected chi connectivity index (χ3v) is 5.09. The molecule has 32 heavy (non-hydrogen) atoms. The van der Waals surface area contributed by atoms with Crippen molar-refractivity contribution < 1.29 is 14.9 Å². The van der Waals surface area contributed by atoms with Gasteiger partial charge in [0.15, 0.2) is 0 Å². The van der Waals surface area contributed by atoms with Gasteiger partial charge in [0, 0.05) is 35.5 Å². The molecule has 0 aliphatic heterocycles. The van der Waals surface area contributed by atoms with Gasteiger partial charge in [-0.3, -0.25) is 15.2 Å². The Bertz CT molecular complexity index is 1110. The smallest absolute Gasteiger partial charge is 0.258 e. The summed E-state index contributed by atoms with van der Waals surface area (Å²) in [6, 6.07) is 15.6. The van der Waals surface area contributed by atoms with E-state index in [0.29, 0.717) is 24.3 Å². The van der Waals surface area contributed by atoms with Crippen LogP contribution in [-0.2, 0) is 4.79 Å². The van der Waals surface area contributed by atoms with Crippen LogP contribution in [0.4, 0.5) is 0 Å². The van der Waals surface area contributed by atoms with Crippen LogP contribution in [0.15, 0.2) is 83.5 Å². The lowest BCUT2D eigenvalue weighted by molar-refractivity contribution is -0.121. The van der Waals surface area contributed by atoms with Crippen molar-refractivity contribution >= 4 is 23.4 Å². The maximum Gasteiger partial charge on any atom is 0.258 e. The fraction of sp³-hybridized carbons (Fsp3) is 0.222. The Balaban J connectivity index is 1.93. The van der Waals surface area contributed by atoms with Crippen LogP contribution in [0.2, 0.25) is 0 Å². The molecule has 5 nitrogen and oxygen atoms in total. The number of aliphatic imine (C=N–C) groups is 1. The van der Waals surface area contributed by atoms with Crippen LogP contribution < -0.4 is 15.5 Å². The fourth-order valence-corrected chi connectivity index (χ4v) is 3.64. The number of hydrogen-bond acceptors (Lipinski definition) is 3. The van der Waals surface area contributed by atoms with E-state index in [0.717, 1.165) is 33.7 Å². The molecule has 0 unspecified atom stereocenters. The minimum absolute atomic E-state index is 0.00648. The number of allylic oxidation sites excluding steroid dienone is 2. The summed E-state index contributed by atoms with van der Waals surface area (Å²) in [6.45, 7) is 9.95. The molecule has 2 aromatic carbocycles. The molecule has 0 heterocycles. The summed E-state index contributed by atoms with van der Waals surface area (Å²) >= 11 is 0. The molecule has 0 bridgehead atoms. The van der Waals surface area contributed by atoms with Crippen LogP contribution in [0.3, 0.4) is 0 Å². The summed E-state index contributed by atoms with van der Waals surface area (Å²) in [5.74, 6) is 0.548. The van der Waals surface area contributed by atoms with Crippen molar-refractivity contribution in [3.05, 3.63) is 95.2 Å². The zero-order chi connectivity index (χ0) is 23.1. The average Bonchev–Trinajstić information content (AvgIpc) is 3.08. The molecule has 3 N–H and O–H groups in total. The van der Waals surface area contributed by atoms with Gasteiger partial charge in [-0.05, 0) is 44.5 Å². The van der Waals surface area contributed by atoms with Gasteiger partial charge in [-0.15, -0.1) is 0 Å². The third kappa shape index (κ3) is 5.11. The molecule has 164 valence electrons. The van der Waals surface area contributed by atoms with Gasteiger partial charge in [-0.1, -0.05) is 49.1 Å². The lowest BCUT2D eigenvalue weighted by atomic mass is 9.97. The summed E-state index contributed by atoms with van der Waals surface area (Å²) in [5, 5.41) is 9.45. The van der Waals surface area contributed by atoms with Gasteiger partial charge in [-0.25, -0.2) is 0 Å². The quantitative estimate of drug-likeness (QED) is 0.600. The summed E-state index contributed by atoms with van der Waals surface area (Å²) < 4.78 is 6.01. The largest absolute Gasteiger partial charge is 0.493 e. The molecule has 1 amide bonds. The zero-order valence-electron chi connectivity index (χ0n) is 18.9. The monoisotopic (exact) mass is 428 g/mol. The van der Waals surface area contributed by atoms with E-state index in [-0.39, 0.29) is 11.9 Å². The lowest BCUT2D eigenvalue weighted by Crippen LogP contribution is -2.45. The van der Waals surface area contributed by atoms with Crippen LogP contribution in [0.1, 0.15) is 43.9 Å². The Labute approximate surface area is 189 Å². The van der Waals surface area contributed by atoms with Crippen molar-refractivity contribution in [2.75, 3.05) is 6.61 Å². The molecular formula is C27H30N3O2+. The first-order valence-electron chi connectivity index (χ1n) is 10.8. The highest BCUT2D eigenvalue weighted by Crippen LogP contribution is 2.38. The highest BCUT2D eigenvalue weighted by atomic mass is 16.5. The molecule has 5 heteroatoms. The van der Waals surface area contributed by atoms with E-state index in [1.54, 1.807) is 12.3 Å². The van der Waals surface area contributed by atoms with E-state index in [2.05, 4.69) is 16.9 Å². The summed E-state index contributed by atoms with van der Waals surface area (Å²) in [7, 11) is 0. The fourth-order valence-electron chi connectivity index (χ4n) is 3.64. The molecule has 0 aromatic heterocycles. The molecule has 2 aromatic rings. The van der Waals surface area contributed by atoms with Crippen LogP contribution in [-0.4, -0.2) is 30.5 Å². The molecule has 3 rings (SSSR count). The second kappa shape index (κ2) is 10.5. The number of amides is 1. The van der Waals surface area contributed by atoms with Crippen LogP contribution in [0, 0.1) is 0 Å². The number of carbonyl (C=O) groups is 1. The van der Waals surface area contributed by atoms with E-state index in [1.807, 2.05) is 75.4 Å². The number of rotatable bonds is 9. The molecular weight excluding hydrogens is 398 g/mol. The van der Waals surface area contributed by atoms with Gasteiger partial charge in [-0.2, -0.15) is 0 Å². The van der Waals surface area contributed by atoms with E-state index < -0.39 is 0 Å². The Morgan fingerprint density at radius 1 is 1.19 bits per heavy atom. The maximum atomic E-state index is 13.0. The highest BCUT2D eigenvalue weighted by molar-refractivity contribution is 6.36. The molecule has 1 aliphatic rings. The standard InChI is InChI=1S/C27H29N3O2/c1-5-15-29-20(6-2)14-16-32-21-12-13-22-23(17-21)24(19-10-8-7-9-11-19)25(26(22)28)27(31)30-18(3)4/h5-13,15,17-18,28H,1,14,16H2,2-4H3,(H,30,31)/p+1/b20-6-,28-26?,29-15?. The number of nitrogens with two attached hydrogens (primary N) is 1. The minimum Gasteiger partial charge on any atom is -0.493 e. The number of benzene rings is 2. The van der Waals surface area contributed by atoms with Gasteiger partial charge in [0.1, 0.15) is 11.3 Å². The van der Waals surface area contributed by atoms with Gasteiger partial charge in [0.05, 0.1) is 12.2 Å². The first kappa shape index (κ1) is 22.9. The van der Waals surface area contributed by atoms with Crippen molar-refractivity contribution in [1.82, 2.24) is 5.32 Å². The lowest BCUT2D eigenvalue weighted by Gasteiger charge is -2.11. The van der Waals surface area contributed by atoms with Crippen molar-refractivity contribution in [1.29, 1.82) is 0 Å². The van der Waals surface area contributed by atoms with E-state index in [4.69, 9.17) is 10.1 Å². The van der Waals surface area contributed by atoms with E-state index >= 15 is 0 Å². The first-order chi connectivity index (χ1) is 15.5. The number of nitrogens with one attached hydrogen (secondary N) is 1. The highest BCUT2D eigenvalue weighted by Gasteiger charge is 2.36. The Morgan fingerprint density at radius 3 is 2.59 bits per heavy atom. The molecule has 1 aliphatic carbocycles. The van der Waals surface area contributed by atoms with E-state index in [9.17, 15) is 4.79 Å². The van der Waals surface area contributed by atoms with Crippen molar-refractivity contribution in [2.24, 2.45) is 4.99 Å². The molecule has 0 fully saturated rings. The van der Waals surface area contributed by atoms with Gasteiger partial charge >= 0.3 is 0 Å². The third-order valence-electron chi connectivity index (χ3n) is 5.09. The SMILES string of the molecule is C=CC=N/C(=C\C)CCOc1ccc2c(c1)C(c1ccccc1)=C(C(=O)NC(C)C)C2=[NH2+]. The zero-order valence-corrected chi connectivity index (χ0v) is 18.9. The van der Waals surface area contributed by atoms with Crippen molar-refractivity contribution in [3.63, 3.8) is 0 Å². The van der Waals surface area contributed by atoms with Crippen molar-refractivity contribution in [3.8, 4) is 5.75 Å². The predicted molar refractivity (Wildman–Crippen MR) is 131 cm³/mol. The van der Waals surface area contributed by atoms with Gasteiger partial charge in [0.25, 0.3) is 5.91 Å². The number of ether oxygens (including phenoxy) is 1. The van der Waals surface area contributed by atoms with Crippen LogP contribution >= 0.6 is 0 Å². The molecule has 0 saturated heterocycles. The minimum atomic E-state index is -0.173. The second-order valence-electron chi connectivity index (χ2n) is 7.76. The Morgan fingerprint density at radius 2 is 1.94 bits per heavy atom. The molecule has 0 radical (unpaired) electrons. The summed E-state index contributed by atoms with van der Waals surface area (Å²) in [4.78, 5) is 17.4. The topological polar surface area (TPSA) is 76.3 Å². The summed E-state index contributed by atoms with van der Waals surface area (Å²) in [6.07, 6.45) is 5.95. The number of nitrogens with zero attached hydrogens (tertiary/aromatic N) is 1. The molecule has 0 saturated carbocycles. The van der Waals surface area contributed by atoms with Crippen LogP contribution in [0.25, 0.3) is 5.57 Å². The normalized spacial score (nSPS) is 13.6. The Hall–Kier alpha value is -3.73. The number of fused-ring (bicyclic) bond motifs is 1.